The first kappa shape index (κ1) is 20.7. The van der Waals surface area contributed by atoms with Crippen molar-refractivity contribution in [3.8, 4) is 0 Å². The maximum Gasteiger partial charge on any atom is 0.416 e. The number of carbonyl (C=O) groups is 3. The lowest BCUT2D eigenvalue weighted by Gasteiger charge is -2.23. The molecule has 0 spiro atoms. The van der Waals surface area contributed by atoms with Crippen LogP contribution in [0.25, 0.3) is 0 Å². The van der Waals surface area contributed by atoms with Gasteiger partial charge in [0, 0.05) is 0 Å². The Kier molecular flexibility index (Phi) is 7.14. The molecule has 1 aromatic carbocycles. The van der Waals surface area contributed by atoms with Gasteiger partial charge in [0.1, 0.15) is 17.6 Å². The van der Waals surface area contributed by atoms with Crippen LogP contribution in [0.2, 0.25) is 0 Å². The quantitative estimate of drug-likeness (QED) is 0.552. The molecular weight excluding hydrogens is 341 g/mol. The second-order valence-corrected chi connectivity index (χ2v) is 5.19. The summed E-state index contributed by atoms with van der Waals surface area (Å²) in [4.78, 5) is 36.3. The van der Waals surface area contributed by atoms with Gasteiger partial charge in [-0.05, 0) is 32.4 Å². The molecule has 0 radical (unpaired) electrons. The second-order valence-electron chi connectivity index (χ2n) is 5.19. The van der Waals surface area contributed by atoms with Gasteiger partial charge in [-0.2, -0.15) is 13.2 Å². The minimum atomic E-state index is -4.63. The number of ether oxygens (including phenoxy) is 2. The molecule has 5 nitrogen and oxygen atoms in total. The van der Waals surface area contributed by atoms with Crippen LogP contribution < -0.4 is 0 Å². The van der Waals surface area contributed by atoms with Crippen LogP contribution in [-0.4, -0.2) is 30.9 Å². The lowest BCUT2D eigenvalue weighted by atomic mass is 9.83. The third-order valence-electron chi connectivity index (χ3n) is 3.43. The van der Waals surface area contributed by atoms with Gasteiger partial charge in [-0.15, -0.1) is 0 Å². The summed E-state index contributed by atoms with van der Waals surface area (Å²) in [5.41, 5.74) is -1.13. The number of benzene rings is 1. The van der Waals surface area contributed by atoms with Gasteiger partial charge in [-0.3, -0.25) is 14.4 Å². The molecule has 0 aliphatic heterocycles. The summed E-state index contributed by atoms with van der Waals surface area (Å²) in [6.07, 6.45) is -4.63. The monoisotopic (exact) mass is 360 g/mol. The minimum absolute atomic E-state index is 0.0409. The Morgan fingerprint density at radius 3 is 2.08 bits per heavy atom. The Bertz CT molecular complexity index is 639. The predicted molar refractivity (Wildman–Crippen MR) is 81.6 cm³/mol. The van der Waals surface area contributed by atoms with Gasteiger partial charge in [0.15, 0.2) is 0 Å². The van der Waals surface area contributed by atoms with E-state index >= 15 is 0 Å². The summed E-state index contributed by atoms with van der Waals surface area (Å²) >= 11 is 0. The van der Waals surface area contributed by atoms with Crippen LogP contribution in [0.5, 0.6) is 0 Å². The highest BCUT2D eigenvalue weighted by Gasteiger charge is 2.41. The first-order valence-corrected chi connectivity index (χ1v) is 7.64. The Labute approximate surface area is 143 Å². The van der Waals surface area contributed by atoms with Gasteiger partial charge >= 0.3 is 18.1 Å². The van der Waals surface area contributed by atoms with Crippen molar-refractivity contribution in [1.29, 1.82) is 0 Å². The molecule has 0 bridgehead atoms. The summed E-state index contributed by atoms with van der Waals surface area (Å²) in [6.45, 7) is 4.00. The van der Waals surface area contributed by atoms with E-state index in [1.807, 2.05) is 0 Å². The van der Waals surface area contributed by atoms with E-state index < -0.39 is 41.3 Å². The number of ketones is 1. The Morgan fingerprint density at radius 1 is 1.04 bits per heavy atom. The molecule has 25 heavy (non-hydrogen) atoms. The zero-order valence-corrected chi connectivity index (χ0v) is 14.1. The largest absolute Gasteiger partial charge is 0.465 e. The Hall–Kier alpha value is -2.38. The molecule has 0 heterocycles. The third kappa shape index (κ3) is 5.30. The third-order valence-corrected chi connectivity index (χ3v) is 3.43. The molecule has 0 saturated carbocycles. The number of halogens is 3. The second kappa shape index (κ2) is 8.64. The van der Waals surface area contributed by atoms with E-state index in [2.05, 4.69) is 0 Å². The van der Waals surface area contributed by atoms with E-state index in [0.29, 0.717) is 0 Å². The van der Waals surface area contributed by atoms with E-state index in [0.717, 1.165) is 25.1 Å². The number of alkyl halides is 3. The maximum absolute atomic E-state index is 12.9. The van der Waals surface area contributed by atoms with Gasteiger partial charge in [0.05, 0.1) is 18.8 Å². The normalized spacial score (nSPS) is 13.7. The predicted octanol–water partition coefficient (Wildman–Crippen LogP) is 3.12. The number of Topliss-reactive ketones (excluding diaryl/α,β-unsaturated/α-hetero) is 1. The summed E-state index contributed by atoms with van der Waals surface area (Å²) < 4.78 is 48.5. The fraction of sp³-hybridized carbons (Fsp3) is 0.471. The number of hydrogen-bond donors (Lipinski definition) is 0. The van der Waals surface area contributed by atoms with Crippen molar-refractivity contribution in [3.05, 3.63) is 35.4 Å². The summed E-state index contributed by atoms with van der Waals surface area (Å²) in [7, 11) is 0. The van der Waals surface area contributed by atoms with Gasteiger partial charge in [-0.1, -0.05) is 18.2 Å². The lowest BCUT2D eigenvalue weighted by Crippen LogP contribution is -2.35. The molecule has 0 fully saturated rings. The van der Waals surface area contributed by atoms with Crippen molar-refractivity contribution in [2.45, 2.75) is 32.9 Å². The molecule has 8 heteroatoms. The molecule has 1 aromatic rings. The topological polar surface area (TPSA) is 69.7 Å². The maximum atomic E-state index is 12.9. The average molecular weight is 360 g/mol. The summed E-state index contributed by atoms with van der Waals surface area (Å²) in [5.74, 6) is -5.74. The van der Waals surface area contributed by atoms with Crippen molar-refractivity contribution in [3.63, 3.8) is 0 Å². The highest BCUT2D eigenvalue weighted by atomic mass is 19.4. The fourth-order valence-corrected chi connectivity index (χ4v) is 2.37. The minimum Gasteiger partial charge on any atom is -0.465 e. The number of rotatable bonds is 7. The molecular formula is C17H19F3O5. The van der Waals surface area contributed by atoms with Crippen LogP contribution in [0.15, 0.2) is 24.3 Å². The molecule has 2 atom stereocenters. The number of esters is 2. The molecule has 1 rings (SSSR count). The number of carbonyl (C=O) groups excluding carboxylic acids is 3. The summed E-state index contributed by atoms with van der Waals surface area (Å²) in [6, 6.07) is 3.91. The van der Waals surface area contributed by atoms with Gasteiger partial charge in [-0.25, -0.2) is 0 Å². The highest BCUT2D eigenvalue weighted by molar-refractivity contribution is 6.03. The molecule has 2 unspecified atom stereocenters. The first-order valence-electron chi connectivity index (χ1n) is 7.64. The van der Waals surface area contributed by atoms with Gasteiger partial charge in [0.25, 0.3) is 0 Å². The van der Waals surface area contributed by atoms with Crippen LogP contribution >= 0.6 is 0 Å². The fourth-order valence-electron chi connectivity index (χ4n) is 2.37. The van der Waals surface area contributed by atoms with E-state index in [-0.39, 0.29) is 18.8 Å². The van der Waals surface area contributed by atoms with Gasteiger partial charge < -0.3 is 9.47 Å². The number of hydrogen-bond acceptors (Lipinski definition) is 5. The van der Waals surface area contributed by atoms with Crippen LogP contribution in [0.3, 0.4) is 0 Å². The first-order chi connectivity index (χ1) is 11.6. The van der Waals surface area contributed by atoms with E-state index in [1.165, 1.54) is 19.9 Å². The Morgan fingerprint density at radius 2 is 1.60 bits per heavy atom. The van der Waals surface area contributed by atoms with Crippen LogP contribution in [0.1, 0.15) is 37.8 Å². The van der Waals surface area contributed by atoms with E-state index in [4.69, 9.17) is 9.47 Å². The van der Waals surface area contributed by atoms with Crippen molar-refractivity contribution in [2.24, 2.45) is 5.92 Å². The zero-order chi connectivity index (χ0) is 19.2. The van der Waals surface area contributed by atoms with Crippen molar-refractivity contribution >= 4 is 17.7 Å². The summed E-state index contributed by atoms with van der Waals surface area (Å²) in [5, 5.41) is 0. The van der Waals surface area contributed by atoms with Crippen molar-refractivity contribution in [1.82, 2.24) is 0 Å². The SMILES string of the molecule is CCOC(=O)C(C(C)=O)C(C(=O)OCC)c1cccc(C(F)(F)F)c1. The van der Waals surface area contributed by atoms with Gasteiger partial charge in [0.2, 0.25) is 0 Å². The molecule has 0 aliphatic rings. The molecule has 0 aromatic heterocycles. The highest BCUT2D eigenvalue weighted by Crippen LogP contribution is 2.34. The molecule has 0 aliphatic carbocycles. The molecule has 0 amide bonds. The molecule has 0 saturated heterocycles. The zero-order valence-electron chi connectivity index (χ0n) is 14.1. The Balaban J connectivity index is 3.45. The lowest BCUT2D eigenvalue weighted by molar-refractivity contribution is -0.159. The van der Waals surface area contributed by atoms with Crippen molar-refractivity contribution < 1.29 is 37.0 Å². The smallest absolute Gasteiger partial charge is 0.416 e. The molecule has 138 valence electrons. The van der Waals surface area contributed by atoms with Crippen molar-refractivity contribution in [2.75, 3.05) is 13.2 Å². The van der Waals surface area contributed by atoms with E-state index in [1.54, 1.807) is 0 Å². The molecule has 0 N–H and O–H groups in total. The van der Waals surface area contributed by atoms with Crippen LogP contribution in [0, 0.1) is 5.92 Å². The van der Waals surface area contributed by atoms with Crippen LogP contribution in [0.4, 0.5) is 13.2 Å². The average Bonchev–Trinajstić information content (AvgIpc) is 2.51. The van der Waals surface area contributed by atoms with E-state index in [9.17, 15) is 27.6 Å². The van der Waals surface area contributed by atoms with Crippen LogP contribution in [-0.2, 0) is 30.0 Å². The standard InChI is InChI=1S/C17H19F3O5/c1-4-24-15(22)13(10(3)21)14(16(23)25-5-2)11-7-6-8-12(9-11)17(18,19)20/h6-9,13-14H,4-5H2,1-3H3.